The van der Waals surface area contributed by atoms with Crippen LogP contribution in [0.15, 0.2) is 22.7 Å². The van der Waals surface area contributed by atoms with Crippen molar-refractivity contribution in [1.29, 1.82) is 0 Å². The van der Waals surface area contributed by atoms with E-state index in [0.29, 0.717) is 10.4 Å². The first-order valence-electron chi connectivity index (χ1n) is 5.71. The summed E-state index contributed by atoms with van der Waals surface area (Å²) < 4.78 is 14.2. The quantitative estimate of drug-likeness (QED) is 0.901. The molecule has 94 valence electrons. The van der Waals surface area contributed by atoms with Gasteiger partial charge in [0.05, 0.1) is 5.56 Å². The highest BCUT2D eigenvalue weighted by molar-refractivity contribution is 9.10. The van der Waals surface area contributed by atoms with E-state index in [1.807, 2.05) is 20.8 Å². The molecule has 2 nitrogen and oxygen atoms in total. The molecule has 0 aliphatic rings. The molecule has 0 saturated carbocycles. The van der Waals surface area contributed by atoms with Gasteiger partial charge in [0.2, 0.25) is 0 Å². The van der Waals surface area contributed by atoms with Gasteiger partial charge in [0.1, 0.15) is 5.82 Å². The molecule has 1 amide bonds. The Kier molecular flexibility index (Phi) is 5.12. The fourth-order valence-electron chi connectivity index (χ4n) is 1.66. The number of carbonyl (C=O) groups excluding carboxylic acids is 1. The number of benzene rings is 1. The molecule has 4 heteroatoms. The van der Waals surface area contributed by atoms with E-state index < -0.39 is 5.82 Å². The molecule has 1 aromatic rings. The molecule has 1 unspecified atom stereocenters. The minimum absolute atomic E-state index is 0.0746. The third kappa shape index (κ3) is 3.80. The van der Waals surface area contributed by atoms with Gasteiger partial charge in [0, 0.05) is 10.5 Å². The van der Waals surface area contributed by atoms with E-state index in [9.17, 15) is 9.18 Å². The van der Waals surface area contributed by atoms with Crippen molar-refractivity contribution in [1.82, 2.24) is 5.32 Å². The van der Waals surface area contributed by atoms with Crippen LogP contribution in [0.2, 0.25) is 0 Å². The zero-order valence-corrected chi connectivity index (χ0v) is 11.8. The molecule has 1 atom stereocenters. The summed E-state index contributed by atoms with van der Waals surface area (Å²) in [4.78, 5) is 11.9. The van der Waals surface area contributed by atoms with Gasteiger partial charge in [-0.05, 0) is 30.5 Å². The van der Waals surface area contributed by atoms with Crippen LogP contribution in [0.25, 0.3) is 0 Å². The average Bonchev–Trinajstić information content (AvgIpc) is 2.24. The Morgan fingerprint density at radius 3 is 2.59 bits per heavy atom. The van der Waals surface area contributed by atoms with Crippen LogP contribution in [0, 0.1) is 11.7 Å². The maximum Gasteiger partial charge on any atom is 0.254 e. The Balaban J connectivity index is 2.82. The first kappa shape index (κ1) is 14.2. The van der Waals surface area contributed by atoms with Gasteiger partial charge >= 0.3 is 0 Å². The van der Waals surface area contributed by atoms with E-state index in [0.717, 1.165) is 6.42 Å². The lowest BCUT2D eigenvalue weighted by molar-refractivity contribution is 0.0920. The van der Waals surface area contributed by atoms with Crippen molar-refractivity contribution < 1.29 is 9.18 Å². The van der Waals surface area contributed by atoms with Crippen LogP contribution >= 0.6 is 15.9 Å². The average molecular weight is 302 g/mol. The Labute approximate surface area is 110 Å². The van der Waals surface area contributed by atoms with Crippen molar-refractivity contribution in [2.24, 2.45) is 5.92 Å². The standard InChI is InChI=1S/C13H17BrFNO/c1-4-12(8(2)3)16-13(17)10-6-5-9(14)7-11(10)15/h5-8,12H,4H2,1-3H3,(H,16,17). The number of halogens is 2. The molecule has 1 aromatic carbocycles. The van der Waals surface area contributed by atoms with E-state index in [4.69, 9.17) is 0 Å². The predicted molar refractivity (Wildman–Crippen MR) is 70.5 cm³/mol. The number of rotatable bonds is 4. The van der Waals surface area contributed by atoms with Crippen molar-refractivity contribution in [3.8, 4) is 0 Å². The lowest BCUT2D eigenvalue weighted by Gasteiger charge is -2.20. The fourth-order valence-corrected chi connectivity index (χ4v) is 1.99. The summed E-state index contributed by atoms with van der Waals surface area (Å²) in [6.45, 7) is 6.07. The molecular weight excluding hydrogens is 285 g/mol. The van der Waals surface area contributed by atoms with Crippen molar-refractivity contribution in [3.63, 3.8) is 0 Å². The van der Waals surface area contributed by atoms with Crippen LogP contribution in [0.3, 0.4) is 0 Å². The second kappa shape index (κ2) is 6.15. The van der Waals surface area contributed by atoms with E-state index in [1.54, 1.807) is 6.07 Å². The maximum absolute atomic E-state index is 13.6. The molecule has 0 heterocycles. The highest BCUT2D eigenvalue weighted by Crippen LogP contribution is 2.16. The van der Waals surface area contributed by atoms with Crippen LogP contribution in [-0.4, -0.2) is 11.9 Å². The van der Waals surface area contributed by atoms with Gasteiger partial charge < -0.3 is 5.32 Å². The zero-order valence-electron chi connectivity index (χ0n) is 10.3. The third-order valence-electron chi connectivity index (χ3n) is 2.74. The van der Waals surface area contributed by atoms with Crippen LogP contribution in [0.1, 0.15) is 37.6 Å². The van der Waals surface area contributed by atoms with Gasteiger partial charge in [-0.15, -0.1) is 0 Å². The predicted octanol–water partition coefficient (Wildman–Crippen LogP) is 3.75. The highest BCUT2D eigenvalue weighted by Gasteiger charge is 2.17. The molecule has 0 radical (unpaired) electrons. The minimum atomic E-state index is -0.504. The summed E-state index contributed by atoms with van der Waals surface area (Å²) in [5, 5.41) is 2.85. The van der Waals surface area contributed by atoms with Crippen LogP contribution in [0.5, 0.6) is 0 Å². The lowest BCUT2D eigenvalue weighted by atomic mass is 10.0. The molecule has 0 aromatic heterocycles. The number of amides is 1. The first-order chi connectivity index (χ1) is 7.95. The summed E-state index contributed by atoms with van der Waals surface area (Å²) in [5.74, 6) is -0.520. The topological polar surface area (TPSA) is 29.1 Å². The zero-order chi connectivity index (χ0) is 13.0. The normalized spacial score (nSPS) is 12.6. The number of hydrogen-bond acceptors (Lipinski definition) is 1. The van der Waals surface area contributed by atoms with E-state index in [-0.39, 0.29) is 17.5 Å². The van der Waals surface area contributed by atoms with Gasteiger partial charge in [0.25, 0.3) is 5.91 Å². The molecule has 0 bridgehead atoms. The van der Waals surface area contributed by atoms with Crippen molar-refractivity contribution in [3.05, 3.63) is 34.1 Å². The monoisotopic (exact) mass is 301 g/mol. The second-order valence-electron chi connectivity index (χ2n) is 4.36. The maximum atomic E-state index is 13.6. The van der Waals surface area contributed by atoms with Crippen molar-refractivity contribution in [2.75, 3.05) is 0 Å². The summed E-state index contributed by atoms with van der Waals surface area (Å²) in [7, 11) is 0. The van der Waals surface area contributed by atoms with Gasteiger partial charge in [-0.2, -0.15) is 0 Å². The van der Waals surface area contributed by atoms with Gasteiger partial charge in [-0.25, -0.2) is 4.39 Å². The van der Waals surface area contributed by atoms with Gasteiger partial charge in [0.15, 0.2) is 0 Å². The summed E-state index contributed by atoms with van der Waals surface area (Å²) >= 11 is 3.16. The fraction of sp³-hybridized carbons (Fsp3) is 0.462. The van der Waals surface area contributed by atoms with E-state index in [1.165, 1.54) is 12.1 Å². The SMILES string of the molecule is CCC(NC(=O)c1ccc(Br)cc1F)C(C)C. The van der Waals surface area contributed by atoms with Gasteiger partial charge in [-0.1, -0.05) is 36.7 Å². The Bertz CT molecular complexity index is 406. The van der Waals surface area contributed by atoms with Crippen LogP contribution < -0.4 is 5.32 Å². The number of nitrogens with one attached hydrogen (secondary N) is 1. The molecule has 0 spiro atoms. The van der Waals surface area contributed by atoms with E-state index in [2.05, 4.69) is 21.2 Å². The first-order valence-corrected chi connectivity index (χ1v) is 6.51. The van der Waals surface area contributed by atoms with E-state index >= 15 is 0 Å². The summed E-state index contributed by atoms with van der Waals surface area (Å²) in [6, 6.07) is 4.52. The molecule has 17 heavy (non-hydrogen) atoms. The van der Waals surface area contributed by atoms with Crippen LogP contribution in [-0.2, 0) is 0 Å². The van der Waals surface area contributed by atoms with Crippen LogP contribution in [0.4, 0.5) is 4.39 Å². The van der Waals surface area contributed by atoms with Crippen molar-refractivity contribution >= 4 is 21.8 Å². The summed E-state index contributed by atoms with van der Waals surface area (Å²) in [5.41, 5.74) is 0.0901. The van der Waals surface area contributed by atoms with Gasteiger partial charge in [-0.3, -0.25) is 4.79 Å². The Morgan fingerprint density at radius 2 is 2.12 bits per heavy atom. The third-order valence-corrected chi connectivity index (χ3v) is 3.23. The molecule has 0 fully saturated rings. The molecule has 0 aliphatic heterocycles. The molecule has 1 N–H and O–H groups in total. The van der Waals surface area contributed by atoms with Crippen molar-refractivity contribution in [2.45, 2.75) is 33.2 Å². The molecular formula is C13H17BrFNO. The number of hydrogen-bond donors (Lipinski definition) is 1. The lowest BCUT2D eigenvalue weighted by Crippen LogP contribution is -2.38. The largest absolute Gasteiger partial charge is 0.349 e. The minimum Gasteiger partial charge on any atom is -0.349 e. The number of carbonyl (C=O) groups is 1. The molecule has 1 rings (SSSR count). The summed E-state index contributed by atoms with van der Waals surface area (Å²) in [6.07, 6.45) is 0.835. The highest BCUT2D eigenvalue weighted by atomic mass is 79.9. The smallest absolute Gasteiger partial charge is 0.254 e. The molecule has 0 saturated heterocycles. The Hall–Kier alpha value is -0.900. The molecule has 0 aliphatic carbocycles. The Morgan fingerprint density at radius 1 is 1.47 bits per heavy atom. The second-order valence-corrected chi connectivity index (χ2v) is 5.27.